The number of hydrogen-bond acceptors (Lipinski definition) is 6. The second-order valence-electron chi connectivity index (χ2n) is 8.09. The standard InChI is InChI=1S/C24H32N2O5/c1-17(2)30-20-11-9-19(15-21(20)29-5)10-12-22(27)31-18(3)23(28)26(4)24(16-25)13-7-6-8-14-24/h9-12,15,17-18H,6-8,13-14H2,1-5H3/b12-10+/t18-/m1/s1. The minimum atomic E-state index is -0.981. The van der Waals surface area contributed by atoms with E-state index in [9.17, 15) is 14.9 Å². The number of benzene rings is 1. The Hall–Kier alpha value is -3.01. The summed E-state index contributed by atoms with van der Waals surface area (Å²) in [6.45, 7) is 5.38. The summed E-state index contributed by atoms with van der Waals surface area (Å²) in [5, 5.41) is 9.66. The molecule has 2 rings (SSSR count). The SMILES string of the molecule is COc1cc(/C=C/C(=O)O[C@H](C)C(=O)N(C)C2(C#N)CCCCC2)ccc1OC(C)C. The molecule has 1 amide bonds. The number of nitrogens with zero attached hydrogens (tertiary/aromatic N) is 2. The third kappa shape index (κ3) is 6.24. The van der Waals surface area contributed by atoms with Gasteiger partial charge in [-0.2, -0.15) is 5.26 Å². The van der Waals surface area contributed by atoms with Crippen LogP contribution in [0.2, 0.25) is 0 Å². The second-order valence-corrected chi connectivity index (χ2v) is 8.09. The molecule has 0 aliphatic heterocycles. The number of methoxy groups -OCH3 is 1. The number of nitriles is 1. The van der Waals surface area contributed by atoms with Gasteiger partial charge in [-0.15, -0.1) is 0 Å². The van der Waals surface area contributed by atoms with Crippen molar-refractivity contribution in [2.75, 3.05) is 14.2 Å². The van der Waals surface area contributed by atoms with E-state index in [0.29, 0.717) is 24.3 Å². The number of rotatable bonds is 8. The number of ether oxygens (including phenoxy) is 3. The first kappa shape index (κ1) is 24.3. The highest BCUT2D eigenvalue weighted by Gasteiger charge is 2.40. The summed E-state index contributed by atoms with van der Waals surface area (Å²) >= 11 is 0. The van der Waals surface area contributed by atoms with Crippen molar-refractivity contribution in [2.45, 2.75) is 70.6 Å². The van der Waals surface area contributed by atoms with Crippen LogP contribution in [-0.4, -0.2) is 48.7 Å². The van der Waals surface area contributed by atoms with Gasteiger partial charge in [0.2, 0.25) is 0 Å². The minimum absolute atomic E-state index is 0.0104. The summed E-state index contributed by atoms with van der Waals surface area (Å²) in [4.78, 5) is 26.5. The van der Waals surface area contributed by atoms with Crippen molar-refractivity contribution in [3.63, 3.8) is 0 Å². The monoisotopic (exact) mass is 428 g/mol. The summed E-state index contributed by atoms with van der Waals surface area (Å²) in [5.41, 5.74) is -0.0889. The average molecular weight is 429 g/mol. The minimum Gasteiger partial charge on any atom is -0.493 e. The normalized spacial score (nSPS) is 16.4. The fourth-order valence-electron chi connectivity index (χ4n) is 3.71. The van der Waals surface area contributed by atoms with E-state index in [4.69, 9.17) is 14.2 Å². The Bertz CT molecular complexity index is 850. The number of amides is 1. The topological polar surface area (TPSA) is 88.9 Å². The molecule has 0 N–H and O–H groups in total. The van der Waals surface area contributed by atoms with Crippen LogP contribution in [0.1, 0.15) is 58.4 Å². The van der Waals surface area contributed by atoms with Crippen LogP contribution in [0.15, 0.2) is 24.3 Å². The largest absolute Gasteiger partial charge is 0.493 e. The lowest BCUT2D eigenvalue weighted by molar-refractivity contribution is -0.157. The zero-order chi connectivity index (χ0) is 23.0. The molecule has 1 aromatic carbocycles. The lowest BCUT2D eigenvalue weighted by atomic mass is 9.81. The Morgan fingerprint density at radius 1 is 1.16 bits per heavy atom. The van der Waals surface area contributed by atoms with Gasteiger partial charge in [0, 0.05) is 13.1 Å². The van der Waals surface area contributed by atoms with Crippen LogP contribution in [0, 0.1) is 11.3 Å². The van der Waals surface area contributed by atoms with Crippen molar-refractivity contribution < 1.29 is 23.8 Å². The van der Waals surface area contributed by atoms with Crippen molar-refractivity contribution in [3.8, 4) is 17.6 Å². The van der Waals surface area contributed by atoms with Gasteiger partial charge in [-0.1, -0.05) is 25.3 Å². The van der Waals surface area contributed by atoms with Crippen molar-refractivity contribution in [1.82, 2.24) is 4.90 Å². The number of carbonyl (C=O) groups is 2. The molecule has 0 bridgehead atoms. The highest BCUT2D eigenvalue weighted by Crippen LogP contribution is 2.33. The number of carbonyl (C=O) groups excluding carboxylic acids is 2. The maximum absolute atomic E-state index is 12.8. The Morgan fingerprint density at radius 2 is 1.84 bits per heavy atom. The van der Waals surface area contributed by atoms with Gasteiger partial charge in [-0.3, -0.25) is 4.79 Å². The summed E-state index contributed by atoms with van der Waals surface area (Å²) in [7, 11) is 3.17. The molecule has 1 aliphatic rings. The molecule has 0 heterocycles. The van der Waals surface area contributed by atoms with E-state index in [0.717, 1.165) is 24.8 Å². The van der Waals surface area contributed by atoms with Crippen LogP contribution in [-0.2, 0) is 14.3 Å². The molecule has 0 unspecified atom stereocenters. The highest BCUT2D eigenvalue weighted by atomic mass is 16.5. The molecule has 0 spiro atoms. The predicted octanol–water partition coefficient (Wildman–Crippen LogP) is 4.11. The van der Waals surface area contributed by atoms with Crippen molar-refractivity contribution in [1.29, 1.82) is 5.26 Å². The lowest BCUT2D eigenvalue weighted by Crippen LogP contribution is -2.53. The fraction of sp³-hybridized carbons (Fsp3) is 0.542. The Morgan fingerprint density at radius 3 is 2.42 bits per heavy atom. The Labute approximate surface area is 184 Å². The molecule has 0 saturated heterocycles. The first-order valence-electron chi connectivity index (χ1n) is 10.6. The van der Waals surface area contributed by atoms with E-state index in [1.165, 1.54) is 17.9 Å². The van der Waals surface area contributed by atoms with Crippen LogP contribution >= 0.6 is 0 Å². The molecular formula is C24H32N2O5. The van der Waals surface area contributed by atoms with Gasteiger partial charge < -0.3 is 19.1 Å². The van der Waals surface area contributed by atoms with Gasteiger partial charge in [-0.05, 0) is 57.4 Å². The van der Waals surface area contributed by atoms with Gasteiger partial charge in [0.25, 0.3) is 5.91 Å². The second kappa shape index (κ2) is 10.9. The van der Waals surface area contributed by atoms with E-state index in [-0.39, 0.29) is 12.0 Å². The third-order valence-corrected chi connectivity index (χ3v) is 5.46. The van der Waals surface area contributed by atoms with Crippen molar-refractivity contribution >= 4 is 18.0 Å². The van der Waals surface area contributed by atoms with Crippen LogP contribution in [0.25, 0.3) is 6.08 Å². The van der Waals surface area contributed by atoms with Crippen molar-refractivity contribution in [3.05, 3.63) is 29.8 Å². The molecule has 1 atom stereocenters. The molecule has 0 aromatic heterocycles. The third-order valence-electron chi connectivity index (χ3n) is 5.46. The first-order valence-corrected chi connectivity index (χ1v) is 10.6. The molecule has 7 nitrogen and oxygen atoms in total. The highest BCUT2D eigenvalue weighted by molar-refractivity contribution is 5.90. The van der Waals surface area contributed by atoms with Gasteiger partial charge in [-0.25, -0.2) is 4.79 Å². The maximum Gasteiger partial charge on any atom is 0.331 e. The quantitative estimate of drug-likeness (QED) is 0.457. The Balaban J connectivity index is 2.00. The van der Waals surface area contributed by atoms with Crippen LogP contribution in [0.5, 0.6) is 11.5 Å². The van der Waals surface area contributed by atoms with E-state index >= 15 is 0 Å². The van der Waals surface area contributed by atoms with Gasteiger partial charge >= 0.3 is 5.97 Å². The summed E-state index contributed by atoms with van der Waals surface area (Å²) in [6, 6.07) is 7.63. The summed E-state index contributed by atoms with van der Waals surface area (Å²) in [6.07, 6.45) is 6.05. The molecule has 1 fully saturated rings. The molecule has 1 aliphatic carbocycles. The average Bonchev–Trinajstić information content (AvgIpc) is 2.77. The van der Waals surface area contributed by atoms with E-state index in [1.54, 1.807) is 38.4 Å². The molecular weight excluding hydrogens is 396 g/mol. The zero-order valence-electron chi connectivity index (χ0n) is 19.0. The molecule has 1 aromatic rings. The number of likely N-dealkylation sites (N-methyl/N-ethyl adjacent to an activating group) is 1. The van der Waals surface area contributed by atoms with Gasteiger partial charge in [0.05, 0.1) is 19.3 Å². The van der Waals surface area contributed by atoms with E-state index < -0.39 is 17.6 Å². The van der Waals surface area contributed by atoms with Crippen LogP contribution < -0.4 is 9.47 Å². The molecule has 1 saturated carbocycles. The molecule has 31 heavy (non-hydrogen) atoms. The van der Waals surface area contributed by atoms with Crippen LogP contribution in [0.3, 0.4) is 0 Å². The fourth-order valence-corrected chi connectivity index (χ4v) is 3.71. The summed E-state index contributed by atoms with van der Waals surface area (Å²) < 4.78 is 16.3. The molecule has 7 heteroatoms. The van der Waals surface area contributed by atoms with Gasteiger partial charge in [0.15, 0.2) is 17.6 Å². The number of hydrogen-bond donors (Lipinski definition) is 0. The van der Waals surface area contributed by atoms with E-state index in [2.05, 4.69) is 6.07 Å². The number of esters is 1. The smallest absolute Gasteiger partial charge is 0.331 e. The van der Waals surface area contributed by atoms with E-state index in [1.807, 2.05) is 13.8 Å². The van der Waals surface area contributed by atoms with Gasteiger partial charge in [0.1, 0.15) is 5.54 Å². The zero-order valence-corrected chi connectivity index (χ0v) is 19.0. The predicted molar refractivity (Wildman–Crippen MR) is 118 cm³/mol. The van der Waals surface area contributed by atoms with Crippen LogP contribution in [0.4, 0.5) is 0 Å². The summed E-state index contributed by atoms with van der Waals surface area (Å²) in [5.74, 6) is 0.171. The Kier molecular flexibility index (Phi) is 8.49. The maximum atomic E-state index is 12.8. The molecule has 0 radical (unpaired) electrons. The lowest BCUT2D eigenvalue weighted by Gasteiger charge is -2.39. The first-order chi connectivity index (χ1) is 14.7. The molecule has 168 valence electrons. The van der Waals surface area contributed by atoms with Crippen molar-refractivity contribution in [2.24, 2.45) is 0 Å².